The second kappa shape index (κ2) is 9.07. The summed E-state index contributed by atoms with van der Waals surface area (Å²) in [5.74, 6) is -0.532. The summed E-state index contributed by atoms with van der Waals surface area (Å²) in [4.78, 5) is 37.6. The normalized spacial score (nSPS) is 10.8. The number of anilines is 1. The highest BCUT2D eigenvalue weighted by molar-refractivity contribution is 6.03. The van der Waals surface area contributed by atoms with Crippen LogP contribution in [-0.4, -0.2) is 32.8 Å². The fourth-order valence-corrected chi connectivity index (χ4v) is 3.70. The lowest BCUT2D eigenvalue weighted by atomic mass is 10.1. The highest BCUT2D eigenvalue weighted by Gasteiger charge is 2.22. The molecule has 1 aromatic carbocycles. The molecule has 0 unspecified atom stereocenters. The van der Waals surface area contributed by atoms with Crippen LogP contribution in [0.3, 0.4) is 0 Å². The van der Waals surface area contributed by atoms with Gasteiger partial charge in [0, 0.05) is 18.1 Å². The van der Waals surface area contributed by atoms with Crippen molar-refractivity contribution in [2.45, 2.75) is 20.4 Å². The maximum atomic E-state index is 12.7. The van der Waals surface area contributed by atoms with Gasteiger partial charge in [-0.3, -0.25) is 9.59 Å². The average Bonchev–Trinajstić information content (AvgIpc) is 3.42. The van der Waals surface area contributed by atoms with Crippen LogP contribution in [0.5, 0.6) is 0 Å². The van der Waals surface area contributed by atoms with Gasteiger partial charge in [0.25, 0.3) is 11.5 Å². The van der Waals surface area contributed by atoms with Crippen LogP contribution in [0.2, 0.25) is 0 Å². The standard InChI is InChI=1S/C24H21N5O5/c1-14-15(2)29(12-16-7-6-10-33-16)22(19(14)11-25)26-20(30)13-34-24(32)21-17-8-4-5-9-18(17)23(31)28(3)27-21/h4-10H,12-13H2,1-3H3,(H,26,30). The first-order valence-corrected chi connectivity index (χ1v) is 10.4. The molecule has 0 fully saturated rings. The number of hydrogen-bond acceptors (Lipinski definition) is 7. The Balaban J connectivity index is 1.54. The minimum absolute atomic E-state index is 0.0731. The number of fused-ring (bicyclic) bond motifs is 1. The number of amides is 1. The molecule has 0 aliphatic rings. The molecule has 1 N–H and O–H groups in total. The van der Waals surface area contributed by atoms with E-state index in [1.165, 1.54) is 7.05 Å². The molecule has 4 rings (SSSR count). The lowest BCUT2D eigenvalue weighted by Crippen LogP contribution is -2.26. The predicted octanol–water partition coefficient (Wildman–Crippen LogP) is 2.66. The molecule has 0 saturated heterocycles. The zero-order chi connectivity index (χ0) is 24.4. The SMILES string of the molecule is Cc1c(C#N)c(NC(=O)COC(=O)c2nn(C)c(=O)c3ccccc23)n(Cc2ccco2)c1C. The minimum atomic E-state index is -0.846. The average molecular weight is 459 g/mol. The van der Waals surface area contributed by atoms with Crippen LogP contribution in [0, 0.1) is 25.2 Å². The van der Waals surface area contributed by atoms with E-state index in [0.717, 1.165) is 15.9 Å². The van der Waals surface area contributed by atoms with Crippen molar-refractivity contribution in [1.82, 2.24) is 14.3 Å². The van der Waals surface area contributed by atoms with Crippen molar-refractivity contribution in [3.63, 3.8) is 0 Å². The lowest BCUT2D eigenvalue weighted by molar-refractivity contribution is -0.119. The van der Waals surface area contributed by atoms with Gasteiger partial charge >= 0.3 is 5.97 Å². The maximum absolute atomic E-state index is 12.7. The third kappa shape index (κ3) is 4.06. The fourth-order valence-electron chi connectivity index (χ4n) is 3.70. The Kier molecular flexibility index (Phi) is 6.01. The third-order valence-electron chi connectivity index (χ3n) is 5.58. The van der Waals surface area contributed by atoms with Crippen molar-refractivity contribution >= 4 is 28.5 Å². The number of nitrogens with zero attached hydrogens (tertiary/aromatic N) is 4. The Labute approximate surface area is 194 Å². The maximum Gasteiger partial charge on any atom is 0.359 e. The van der Waals surface area contributed by atoms with E-state index in [1.807, 2.05) is 6.92 Å². The first-order chi connectivity index (χ1) is 16.3. The summed E-state index contributed by atoms with van der Waals surface area (Å²) in [6.45, 7) is 3.33. The number of benzene rings is 1. The zero-order valence-corrected chi connectivity index (χ0v) is 18.8. The molecule has 1 amide bonds. The van der Waals surface area contributed by atoms with E-state index >= 15 is 0 Å². The second-order valence-corrected chi connectivity index (χ2v) is 7.66. The molecule has 0 radical (unpaired) electrons. The summed E-state index contributed by atoms with van der Waals surface area (Å²) in [7, 11) is 1.43. The molecule has 0 saturated carbocycles. The van der Waals surface area contributed by atoms with E-state index in [2.05, 4.69) is 16.5 Å². The molecule has 10 heteroatoms. The summed E-state index contributed by atoms with van der Waals surface area (Å²) in [6, 6.07) is 12.2. The molecule has 0 spiro atoms. The lowest BCUT2D eigenvalue weighted by Gasteiger charge is -2.12. The summed E-state index contributed by atoms with van der Waals surface area (Å²) < 4.78 is 13.4. The highest BCUT2D eigenvalue weighted by Crippen LogP contribution is 2.27. The molecule has 0 atom stereocenters. The van der Waals surface area contributed by atoms with E-state index in [-0.39, 0.29) is 11.3 Å². The Hall–Kier alpha value is -4.65. The summed E-state index contributed by atoms with van der Waals surface area (Å²) in [5.41, 5.74) is 1.41. The number of esters is 1. The largest absolute Gasteiger partial charge is 0.467 e. The van der Waals surface area contributed by atoms with Crippen molar-refractivity contribution in [3.05, 3.63) is 81.3 Å². The van der Waals surface area contributed by atoms with Crippen LogP contribution in [0.4, 0.5) is 5.82 Å². The van der Waals surface area contributed by atoms with Crippen LogP contribution < -0.4 is 10.9 Å². The van der Waals surface area contributed by atoms with Crippen molar-refractivity contribution in [3.8, 4) is 6.07 Å². The highest BCUT2D eigenvalue weighted by atomic mass is 16.5. The smallest absolute Gasteiger partial charge is 0.359 e. The molecule has 4 aromatic rings. The first kappa shape index (κ1) is 22.5. The number of nitriles is 1. The minimum Gasteiger partial charge on any atom is -0.467 e. The third-order valence-corrected chi connectivity index (χ3v) is 5.58. The van der Waals surface area contributed by atoms with E-state index in [0.29, 0.717) is 34.5 Å². The van der Waals surface area contributed by atoms with E-state index in [1.54, 1.807) is 54.2 Å². The molecule has 34 heavy (non-hydrogen) atoms. The molecule has 0 aliphatic heterocycles. The van der Waals surface area contributed by atoms with Crippen molar-refractivity contribution in [1.29, 1.82) is 5.26 Å². The van der Waals surface area contributed by atoms with Gasteiger partial charge in [0.05, 0.1) is 23.8 Å². The van der Waals surface area contributed by atoms with Gasteiger partial charge in [0.1, 0.15) is 17.6 Å². The van der Waals surface area contributed by atoms with Crippen LogP contribution in [0.15, 0.2) is 51.9 Å². The Morgan fingerprint density at radius 2 is 1.91 bits per heavy atom. The Bertz CT molecular complexity index is 1510. The molecule has 0 bridgehead atoms. The van der Waals surface area contributed by atoms with Crippen molar-refractivity contribution in [2.24, 2.45) is 7.05 Å². The van der Waals surface area contributed by atoms with Gasteiger partial charge in [0.15, 0.2) is 12.3 Å². The van der Waals surface area contributed by atoms with Crippen LogP contribution >= 0.6 is 0 Å². The molecule has 172 valence electrons. The van der Waals surface area contributed by atoms with Crippen molar-refractivity contribution in [2.75, 3.05) is 11.9 Å². The quantitative estimate of drug-likeness (QED) is 0.438. The van der Waals surface area contributed by atoms with E-state index < -0.39 is 18.5 Å². The van der Waals surface area contributed by atoms with Crippen LogP contribution in [0.25, 0.3) is 10.8 Å². The molecule has 10 nitrogen and oxygen atoms in total. The number of hydrogen-bond donors (Lipinski definition) is 1. The van der Waals surface area contributed by atoms with Gasteiger partial charge in [-0.2, -0.15) is 10.4 Å². The van der Waals surface area contributed by atoms with Gasteiger partial charge in [-0.05, 0) is 37.6 Å². The van der Waals surface area contributed by atoms with E-state index in [4.69, 9.17) is 9.15 Å². The summed E-state index contributed by atoms with van der Waals surface area (Å²) in [6.07, 6.45) is 1.54. The Morgan fingerprint density at radius 3 is 2.59 bits per heavy atom. The van der Waals surface area contributed by atoms with Gasteiger partial charge in [-0.1, -0.05) is 18.2 Å². The first-order valence-electron chi connectivity index (χ1n) is 10.4. The number of furan rings is 1. The molecular formula is C24H21N5O5. The fraction of sp³-hybridized carbons (Fsp3) is 0.208. The van der Waals surface area contributed by atoms with Gasteiger partial charge < -0.3 is 19.0 Å². The number of carbonyl (C=O) groups excluding carboxylic acids is 2. The van der Waals surface area contributed by atoms with Crippen LogP contribution in [0.1, 0.15) is 33.1 Å². The molecule has 3 aromatic heterocycles. The summed E-state index contributed by atoms with van der Waals surface area (Å²) in [5, 5.41) is 17.0. The van der Waals surface area contributed by atoms with Gasteiger partial charge in [-0.25, -0.2) is 9.48 Å². The summed E-state index contributed by atoms with van der Waals surface area (Å²) >= 11 is 0. The number of aromatic nitrogens is 3. The number of carbonyl (C=O) groups is 2. The van der Waals surface area contributed by atoms with Gasteiger partial charge in [-0.15, -0.1) is 0 Å². The van der Waals surface area contributed by atoms with Crippen LogP contribution in [-0.2, 0) is 23.1 Å². The topological polar surface area (TPSA) is 132 Å². The molecular weight excluding hydrogens is 438 g/mol. The monoisotopic (exact) mass is 459 g/mol. The number of nitrogens with one attached hydrogen (secondary N) is 1. The molecule has 0 aliphatic carbocycles. The van der Waals surface area contributed by atoms with E-state index in [9.17, 15) is 19.6 Å². The zero-order valence-electron chi connectivity index (χ0n) is 18.8. The molecule has 3 heterocycles. The second-order valence-electron chi connectivity index (χ2n) is 7.66. The van der Waals surface area contributed by atoms with Gasteiger partial charge in [0.2, 0.25) is 0 Å². The Morgan fingerprint density at radius 1 is 1.18 bits per heavy atom. The van der Waals surface area contributed by atoms with Crippen molar-refractivity contribution < 1.29 is 18.7 Å². The number of aryl methyl sites for hydroxylation is 1. The predicted molar refractivity (Wildman–Crippen MR) is 122 cm³/mol. The number of ether oxygens (including phenoxy) is 1. The number of rotatable bonds is 6.